The number of piperidine rings is 1. The molecule has 6 nitrogen and oxygen atoms in total. The van der Waals surface area contributed by atoms with Crippen molar-refractivity contribution in [3.63, 3.8) is 0 Å². The Balaban J connectivity index is 1.33. The summed E-state index contributed by atoms with van der Waals surface area (Å²) in [5.74, 6) is 1.38. The minimum Gasteiger partial charge on any atom is -0.326 e. The maximum absolute atomic E-state index is 12.5. The van der Waals surface area contributed by atoms with Gasteiger partial charge in [0.2, 0.25) is 5.91 Å². The molecule has 4 rings (SSSR count). The first-order valence-electron chi connectivity index (χ1n) is 11.0. The predicted molar refractivity (Wildman–Crippen MR) is 124 cm³/mol. The van der Waals surface area contributed by atoms with Crippen LogP contribution in [-0.4, -0.2) is 41.1 Å². The number of aromatic amines is 1. The van der Waals surface area contributed by atoms with Crippen LogP contribution in [0.4, 0.5) is 5.69 Å². The highest BCUT2D eigenvalue weighted by Crippen LogP contribution is 2.27. The molecule has 1 fully saturated rings. The first-order chi connectivity index (χ1) is 15.0. The number of benzene rings is 2. The summed E-state index contributed by atoms with van der Waals surface area (Å²) >= 11 is 0. The third-order valence-electron chi connectivity index (χ3n) is 6.43. The molecular weight excluding hydrogens is 388 g/mol. The minimum absolute atomic E-state index is 0.104. The van der Waals surface area contributed by atoms with Crippen LogP contribution in [0.15, 0.2) is 53.3 Å². The van der Waals surface area contributed by atoms with Gasteiger partial charge in [0.1, 0.15) is 0 Å². The normalized spacial score (nSPS) is 19.4. The largest absolute Gasteiger partial charge is 0.326 e. The highest BCUT2D eigenvalue weighted by molar-refractivity contribution is 5.95. The maximum atomic E-state index is 12.5. The van der Waals surface area contributed by atoms with Crippen LogP contribution in [0.3, 0.4) is 0 Å². The molecule has 31 heavy (non-hydrogen) atoms. The molecule has 2 atom stereocenters. The van der Waals surface area contributed by atoms with Crippen molar-refractivity contribution in [2.75, 3.05) is 25.5 Å². The molecule has 1 aliphatic rings. The Bertz CT molecular complexity index is 1110. The maximum Gasteiger partial charge on any atom is 0.272 e. The number of carbonyl (C=O) groups excluding carboxylic acids is 1. The van der Waals surface area contributed by atoms with Gasteiger partial charge in [0.05, 0.1) is 17.5 Å². The number of aryl methyl sites for hydroxylation is 1. The molecule has 1 amide bonds. The number of rotatable bonds is 6. The minimum atomic E-state index is -0.245. The lowest BCUT2D eigenvalue weighted by atomic mass is 9.83. The van der Waals surface area contributed by atoms with Crippen molar-refractivity contribution in [1.82, 2.24) is 15.1 Å². The number of nitrogens with one attached hydrogen (secondary N) is 2. The van der Waals surface area contributed by atoms with E-state index in [1.165, 1.54) is 31.5 Å². The summed E-state index contributed by atoms with van der Waals surface area (Å²) in [7, 11) is 2.20. The van der Waals surface area contributed by atoms with Crippen LogP contribution in [0.2, 0.25) is 0 Å². The zero-order valence-corrected chi connectivity index (χ0v) is 18.2. The zero-order valence-electron chi connectivity index (χ0n) is 18.2. The van der Waals surface area contributed by atoms with Crippen molar-refractivity contribution in [2.45, 2.75) is 32.6 Å². The molecule has 0 bridgehead atoms. The van der Waals surface area contributed by atoms with Gasteiger partial charge < -0.3 is 10.2 Å². The molecule has 0 unspecified atom stereocenters. The predicted octanol–water partition coefficient (Wildman–Crippen LogP) is 3.62. The van der Waals surface area contributed by atoms with Crippen LogP contribution in [0.1, 0.15) is 31.0 Å². The van der Waals surface area contributed by atoms with Gasteiger partial charge in [-0.1, -0.05) is 37.3 Å². The van der Waals surface area contributed by atoms with E-state index in [9.17, 15) is 9.59 Å². The highest BCUT2D eigenvalue weighted by atomic mass is 16.1. The smallest absolute Gasteiger partial charge is 0.272 e. The number of nitrogens with zero attached hydrogens (tertiary/aromatic N) is 2. The van der Waals surface area contributed by atoms with Crippen molar-refractivity contribution in [1.29, 1.82) is 0 Å². The van der Waals surface area contributed by atoms with E-state index in [1.54, 1.807) is 12.1 Å². The summed E-state index contributed by atoms with van der Waals surface area (Å²) in [5.41, 5.74) is 2.40. The summed E-state index contributed by atoms with van der Waals surface area (Å²) in [6.07, 6.45) is 3.66. The molecule has 2 N–H and O–H groups in total. The van der Waals surface area contributed by atoms with E-state index in [0.717, 1.165) is 23.9 Å². The molecule has 0 radical (unpaired) electrons. The quantitative estimate of drug-likeness (QED) is 0.641. The summed E-state index contributed by atoms with van der Waals surface area (Å²) in [6, 6.07) is 15.3. The van der Waals surface area contributed by atoms with Gasteiger partial charge in [-0.25, -0.2) is 5.10 Å². The monoisotopic (exact) mass is 418 g/mol. The Hall–Kier alpha value is -2.99. The summed E-state index contributed by atoms with van der Waals surface area (Å²) in [4.78, 5) is 26.9. The van der Waals surface area contributed by atoms with Gasteiger partial charge in [0.15, 0.2) is 0 Å². The fourth-order valence-electron chi connectivity index (χ4n) is 4.60. The summed E-state index contributed by atoms with van der Waals surface area (Å²) in [5, 5.41) is 10.7. The molecule has 2 aromatic carbocycles. The van der Waals surface area contributed by atoms with Crippen molar-refractivity contribution in [2.24, 2.45) is 11.8 Å². The molecule has 0 spiro atoms. The fraction of sp³-hybridized carbons (Fsp3) is 0.400. The van der Waals surface area contributed by atoms with E-state index in [-0.39, 0.29) is 17.9 Å². The second kappa shape index (κ2) is 9.43. The van der Waals surface area contributed by atoms with Gasteiger partial charge >= 0.3 is 0 Å². The molecule has 0 saturated carbocycles. The summed E-state index contributed by atoms with van der Waals surface area (Å²) in [6.45, 7) is 4.74. The van der Waals surface area contributed by atoms with Gasteiger partial charge in [-0.05, 0) is 68.5 Å². The van der Waals surface area contributed by atoms with Gasteiger partial charge in [0.25, 0.3) is 5.56 Å². The molecule has 2 heterocycles. The number of likely N-dealkylation sites (tertiary alicyclic amines) is 1. The molecule has 1 saturated heterocycles. The van der Waals surface area contributed by atoms with Crippen LogP contribution in [-0.2, 0) is 17.6 Å². The van der Waals surface area contributed by atoms with Crippen LogP contribution in [0.5, 0.6) is 0 Å². The lowest BCUT2D eigenvalue weighted by Gasteiger charge is -2.34. The SMILES string of the molecule is C[C@H]1CN(C)CC[C@H]1CCc1ccc(NC(=O)Cc2n[nH]c(=O)c3ccccc23)cc1. The number of amides is 1. The molecule has 6 heteroatoms. The second-order valence-electron chi connectivity index (χ2n) is 8.79. The standard InChI is InChI=1S/C25H30N4O2/c1-17-16-29(2)14-13-19(17)10-7-18-8-11-20(12-9-18)26-24(30)15-23-21-5-3-4-6-22(21)25(31)28-27-23/h3-6,8-9,11-12,17,19H,7,10,13-16H2,1-2H3,(H,26,30)(H,28,31)/t17-,19+/m0/s1. The average molecular weight is 419 g/mol. The first kappa shape index (κ1) is 21.2. The third-order valence-corrected chi connectivity index (χ3v) is 6.43. The highest BCUT2D eigenvalue weighted by Gasteiger charge is 2.23. The number of H-pyrrole nitrogens is 1. The van der Waals surface area contributed by atoms with E-state index in [2.05, 4.69) is 46.5 Å². The molecule has 0 aliphatic carbocycles. The topological polar surface area (TPSA) is 78.1 Å². The number of fused-ring (bicyclic) bond motifs is 1. The first-order valence-corrected chi connectivity index (χ1v) is 11.0. The molecule has 1 aliphatic heterocycles. The molecule has 1 aromatic heterocycles. The molecular formula is C25H30N4O2. The Morgan fingerprint density at radius 2 is 1.90 bits per heavy atom. The lowest BCUT2D eigenvalue weighted by Crippen LogP contribution is -2.36. The van der Waals surface area contributed by atoms with Crippen LogP contribution >= 0.6 is 0 Å². The van der Waals surface area contributed by atoms with Gasteiger partial charge in [-0.2, -0.15) is 5.10 Å². The van der Waals surface area contributed by atoms with Crippen molar-refractivity contribution >= 4 is 22.4 Å². The number of hydrogen-bond acceptors (Lipinski definition) is 4. The molecule has 162 valence electrons. The van der Waals surface area contributed by atoms with Crippen molar-refractivity contribution in [3.05, 3.63) is 70.1 Å². The Morgan fingerprint density at radius 1 is 1.16 bits per heavy atom. The van der Waals surface area contributed by atoms with Crippen LogP contribution in [0.25, 0.3) is 10.8 Å². The van der Waals surface area contributed by atoms with Gasteiger partial charge in [-0.3, -0.25) is 9.59 Å². The van der Waals surface area contributed by atoms with Gasteiger partial charge in [0, 0.05) is 17.6 Å². The average Bonchev–Trinajstić information content (AvgIpc) is 2.76. The summed E-state index contributed by atoms with van der Waals surface area (Å²) < 4.78 is 0. The molecule has 3 aromatic rings. The Morgan fingerprint density at radius 3 is 2.65 bits per heavy atom. The Kier molecular flexibility index (Phi) is 6.47. The number of hydrogen-bond donors (Lipinski definition) is 2. The van der Waals surface area contributed by atoms with E-state index in [1.807, 2.05) is 24.3 Å². The van der Waals surface area contributed by atoms with E-state index < -0.39 is 0 Å². The van der Waals surface area contributed by atoms with E-state index >= 15 is 0 Å². The second-order valence-corrected chi connectivity index (χ2v) is 8.79. The van der Waals surface area contributed by atoms with E-state index in [0.29, 0.717) is 16.5 Å². The lowest BCUT2D eigenvalue weighted by molar-refractivity contribution is -0.115. The van der Waals surface area contributed by atoms with E-state index in [4.69, 9.17) is 0 Å². The number of carbonyl (C=O) groups is 1. The van der Waals surface area contributed by atoms with Crippen molar-refractivity contribution in [3.8, 4) is 0 Å². The zero-order chi connectivity index (χ0) is 21.8. The fourth-order valence-corrected chi connectivity index (χ4v) is 4.60. The van der Waals surface area contributed by atoms with Crippen LogP contribution in [0, 0.1) is 11.8 Å². The van der Waals surface area contributed by atoms with Crippen LogP contribution < -0.4 is 10.9 Å². The number of anilines is 1. The Labute approximate surface area is 182 Å². The van der Waals surface area contributed by atoms with Gasteiger partial charge in [-0.15, -0.1) is 0 Å². The van der Waals surface area contributed by atoms with Crippen molar-refractivity contribution < 1.29 is 4.79 Å². The number of aromatic nitrogens is 2. The third kappa shape index (κ3) is 5.20.